The number of amides is 2. The highest BCUT2D eigenvalue weighted by atomic mass is 16.5. The highest BCUT2D eigenvalue weighted by Gasteiger charge is 2.44. The van der Waals surface area contributed by atoms with E-state index in [1.54, 1.807) is 7.11 Å². The first kappa shape index (κ1) is 16.4. The molecule has 2 unspecified atom stereocenters. The van der Waals surface area contributed by atoms with Crippen LogP contribution in [-0.2, 0) is 16.0 Å². The van der Waals surface area contributed by atoms with Crippen molar-refractivity contribution in [2.75, 3.05) is 26.7 Å². The lowest BCUT2D eigenvalue weighted by Crippen LogP contribution is -2.61. The fraction of sp³-hybridized carbons (Fsp3) is 0.600. The molecule has 2 bridgehead atoms. The van der Waals surface area contributed by atoms with Gasteiger partial charge in [-0.3, -0.25) is 9.59 Å². The molecule has 0 radical (unpaired) electrons. The van der Waals surface area contributed by atoms with Crippen molar-refractivity contribution in [3.8, 4) is 5.75 Å². The topological polar surface area (TPSA) is 49.9 Å². The molecule has 25 heavy (non-hydrogen) atoms. The Labute approximate surface area is 148 Å². The van der Waals surface area contributed by atoms with Gasteiger partial charge in [0.15, 0.2) is 0 Å². The van der Waals surface area contributed by atoms with Crippen LogP contribution in [0, 0.1) is 11.8 Å². The maximum atomic E-state index is 12.8. The largest absolute Gasteiger partial charge is 0.497 e. The summed E-state index contributed by atoms with van der Waals surface area (Å²) in [4.78, 5) is 29.2. The summed E-state index contributed by atoms with van der Waals surface area (Å²) in [5.74, 6) is 2.23. The molecular formula is C20H26N2O3. The first-order valence-corrected chi connectivity index (χ1v) is 9.34. The Balaban J connectivity index is 1.42. The zero-order chi connectivity index (χ0) is 17.4. The second kappa shape index (κ2) is 6.70. The molecule has 0 aromatic heterocycles. The number of nitrogens with zero attached hydrogens (tertiary/aromatic N) is 2. The Morgan fingerprint density at radius 2 is 2.00 bits per heavy atom. The summed E-state index contributed by atoms with van der Waals surface area (Å²) in [7, 11) is 1.64. The van der Waals surface area contributed by atoms with Crippen molar-refractivity contribution in [2.24, 2.45) is 11.8 Å². The molecule has 0 aliphatic carbocycles. The molecule has 0 N–H and O–H groups in total. The molecule has 3 aliphatic heterocycles. The van der Waals surface area contributed by atoms with Crippen molar-refractivity contribution in [1.82, 2.24) is 9.80 Å². The number of rotatable bonds is 3. The van der Waals surface area contributed by atoms with E-state index >= 15 is 0 Å². The number of carbonyl (C=O) groups is 2. The monoisotopic (exact) mass is 342 g/mol. The maximum absolute atomic E-state index is 12.8. The first-order valence-electron chi connectivity index (χ1n) is 9.34. The van der Waals surface area contributed by atoms with Gasteiger partial charge >= 0.3 is 0 Å². The third kappa shape index (κ3) is 3.24. The van der Waals surface area contributed by atoms with Crippen LogP contribution in [0.1, 0.15) is 31.2 Å². The van der Waals surface area contributed by atoms with Gasteiger partial charge in [-0.25, -0.2) is 0 Å². The van der Waals surface area contributed by atoms with Crippen LogP contribution in [0.3, 0.4) is 0 Å². The van der Waals surface area contributed by atoms with E-state index in [-0.39, 0.29) is 5.91 Å². The van der Waals surface area contributed by atoms with Crippen LogP contribution >= 0.6 is 0 Å². The fourth-order valence-electron chi connectivity index (χ4n) is 4.84. The number of hydrogen-bond acceptors (Lipinski definition) is 3. The molecule has 3 heterocycles. The molecule has 3 saturated heterocycles. The van der Waals surface area contributed by atoms with Gasteiger partial charge in [0.2, 0.25) is 11.8 Å². The average Bonchev–Trinajstić information content (AvgIpc) is 2.63. The number of fused-ring (bicyclic) bond motifs is 4. The zero-order valence-electron chi connectivity index (χ0n) is 14.8. The number of ether oxygens (including phenoxy) is 1. The Kier molecular flexibility index (Phi) is 4.40. The van der Waals surface area contributed by atoms with Crippen molar-refractivity contribution in [2.45, 2.75) is 38.1 Å². The van der Waals surface area contributed by atoms with Crippen LogP contribution in [-0.4, -0.2) is 54.4 Å². The third-order valence-electron chi connectivity index (χ3n) is 6.05. The SMILES string of the molecule is COc1ccc(CC(=O)N2CC3CC(C2)[C@H]2CCCC(=O)N2C3)cc1. The van der Waals surface area contributed by atoms with Gasteiger partial charge in [0.05, 0.1) is 13.5 Å². The number of carbonyl (C=O) groups excluding carboxylic acids is 2. The number of methoxy groups -OCH3 is 1. The minimum Gasteiger partial charge on any atom is -0.497 e. The van der Waals surface area contributed by atoms with Gasteiger partial charge in [-0.2, -0.15) is 0 Å². The summed E-state index contributed by atoms with van der Waals surface area (Å²) < 4.78 is 5.17. The summed E-state index contributed by atoms with van der Waals surface area (Å²) >= 11 is 0. The van der Waals surface area contributed by atoms with Gasteiger partial charge in [-0.05, 0) is 48.8 Å². The minimum absolute atomic E-state index is 0.204. The van der Waals surface area contributed by atoms with Gasteiger partial charge in [-0.15, -0.1) is 0 Å². The van der Waals surface area contributed by atoms with E-state index in [4.69, 9.17) is 4.74 Å². The lowest BCUT2D eigenvalue weighted by atomic mass is 9.76. The van der Waals surface area contributed by atoms with Gasteiger partial charge in [0.25, 0.3) is 0 Å². The number of benzene rings is 1. The van der Waals surface area contributed by atoms with E-state index in [0.717, 1.165) is 43.8 Å². The number of likely N-dealkylation sites (tertiary alicyclic amines) is 1. The molecule has 0 spiro atoms. The first-order chi connectivity index (χ1) is 12.1. The molecule has 1 aromatic rings. The number of hydrogen-bond donors (Lipinski definition) is 0. The van der Waals surface area contributed by atoms with Gasteiger partial charge in [0.1, 0.15) is 5.75 Å². The van der Waals surface area contributed by atoms with Crippen LogP contribution in [0.2, 0.25) is 0 Å². The normalized spacial score (nSPS) is 28.5. The third-order valence-corrected chi connectivity index (χ3v) is 6.05. The predicted octanol–water partition coefficient (Wildman–Crippen LogP) is 2.10. The van der Waals surface area contributed by atoms with Crippen molar-refractivity contribution in [3.05, 3.63) is 29.8 Å². The summed E-state index contributed by atoms with van der Waals surface area (Å²) in [6.45, 7) is 2.44. The van der Waals surface area contributed by atoms with E-state index in [1.165, 1.54) is 6.42 Å². The molecule has 1 aromatic carbocycles. The minimum atomic E-state index is 0.204. The molecule has 3 atom stereocenters. The van der Waals surface area contributed by atoms with Crippen LogP contribution in [0.4, 0.5) is 0 Å². The predicted molar refractivity (Wildman–Crippen MR) is 94.2 cm³/mol. The Morgan fingerprint density at radius 1 is 1.20 bits per heavy atom. The van der Waals surface area contributed by atoms with Crippen molar-refractivity contribution >= 4 is 11.8 Å². The molecule has 3 aliphatic rings. The lowest BCUT2D eigenvalue weighted by Gasteiger charge is -2.52. The standard InChI is InChI=1S/C20H26N2O3/c1-25-17-7-5-14(6-8-17)10-20(24)21-11-15-9-16(13-21)18-3-2-4-19(23)22(18)12-15/h5-8,15-16,18H,2-4,9-13H2,1H3/t15?,16?,18-/m1/s1. The van der Waals surface area contributed by atoms with E-state index < -0.39 is 0 Å². The van der Waals surface area contributed by atoms with Crippen molar-refractivity contribution in [3.63, 3.8) is 0 Å². The second-order valence-corrected chi connectivity index (χ2v) is 7.69. The van der Waals surface area contributed by atoms with Crippen molar-refractivity contribution < 1.29 is 14.3 Å². The highest BCUT2D eigenvalue weighted by Crippen LogP contribution is 2.38. The molecule has 0 saturated carbocycles. The lowest BCUT2D eigenvalue weighted by molar-refractivity contribution is -0.148. The molecule has 5 nitrogen and oxygen atoms in total. The zero-order valence-corrected chi connectivity index (χ0v) is 14.8. The van der Waals surface area contributed by atoms with E-state index in [0.29, 0.717) is 36.6 Å². The Morgan fingerprint density at radius 3 is 2.76 bits per heavy atom. The van der Waals surface area contributed by atoms with Crippen LogP contribution in [0.15, 0.2) is 24.3 Å². The van der Waals surface area contributed by atoms with Crippen LogP contribution in [0.25, 0.3) is 0 Å². The smallest absolute Gasteiger partial charge is 0.227 e. The second-order valence-electron chi connectivity index (χ2n) is 7.69. The van der Waals surface area contributed by atoms with Gasteiger partial charge < -0.3 is 14.5 Å². The molecule has 3 fully saturated rings. The summed E-state index contributed by atoms with van der Waals surface area (Å²) in [5.41, 5.74) is 1.02. The molecular weight excluding hydrogens is 316 g/mol. The van der Waals surface area contributed by atoms with E-state index in [2.05, 4.69) is 4.90 Å². The molecule has 4 rings (SSSR count). The van der Waals surface area contributed by atoms with Gasteiger partial charge in [0, 0.05) is 32.1 Å². The number of piperidine rings is 3. The Hall–Kier alpha value is -2.04. The van der Waals surface area contributed by atoms with E-state index in [1.807, 2.05) is 29.2 Å². The van der Waals surface area contributed by atoms with Crippen molar-refractivity contribution in [1.29, 1.82) is 0 Å². The van der Waals surface area contributed by atoms with E-state index in [9.17, 15) is 9.59 Å². The average molecular weight is 342 g/mol. The maximum Gasteiger partial charge on any atom is 0.227 e. The summed E-state index contributed by atoms with van der Waals surface area (Å²) in [6, 6.07) is 8.08. The van der Waals surface area contributed by atoms with Gasteiger partial charge in [-0.1, -0.05) is 12.1 Å². The highest BCUT2D eigenvalue weighted by molar-refractivity contribution is 5.79. The Bertz CT molecular complexity index is 657. The van der Waals surface area contributed by atoms with Crippen LogP contribution in [0.5, 0.6) is 5.75 Å². The molecule has 134 valence electrons. The summed E-state index contributed by atoms with van der Waals surface area (Å²) in [6.07, 6.45) is 4.41. The fourth-order valence-corrected chi connectivity index (χ4v) is 4.84. The summed E-state index contributed by atoms with van der Waals surface area (Å²) in [5, 5.41) is 0. The molecule has 2 amide bonds. The molecule has 5 heteroatoms. The quantitative estimate of drug-likeness (QED) is 0.845. The van der Waals surface area contributed by atoms with Crippen LogP contribution < -0.4 is 4.74 Å².